The molecule has 1 aliphatic rings. The van der Waals surface area contributed by atoms with Crippen LogP contribution in [0.3, 0.4) is 0 Å². The van der Waals surface area contributed by atoms with Gasteiger partial charge in [-0.3, -0.25) is 9.48 Å². The summed E-state index contributed by atoms with van der Waals surface area (Å²) in [5.74, 6) is 1.76. The molecule has 1 amide bonds. The third-order valence-electron chi connectivity index (χ3n) is 5.47. The van der Waals surface area contributed by atoms with Crippen LogP contribution in [0.15, 0.2) is 23.4 Å². The number of nitrogens with zero attached hydrogens (tertiary/aromatic N) is 6. The average molecular weight is 411 g/mol. The molecule has 0 aliphatic carbocycles. The molecule has 29 heavy (non-hydrogen) atoms. The second kappa shape index (κ2) is 7.67. The number of thioether (sulfide) groups is 1. The van der Waals surface area contributed by atoms with E-state index < -0.39 is 0 Å². The Labute approximate surface area is 175 Å². The molecule has 0 unspecified atom stereocenters. The summed E-state index contributed by atoms with van der Waals surface area (Å²) in [6, 6.07) is 6.04. The first-order valence-corrected chi connectivity index (χ1v) is 10.8. The van der Waals surface area contributed by atoms with Crippen molar-refractivity contribution < 1.29 is 4.79 Å². The smallest absolute Gasteiger partial charge is 0.254 e. The van der Waals surface area contributed by atoms with Gasteiger partial charge in [-0.2, -0.15) is 5.10 Å². The first-order valence-electron chi connectivity index (χ1n) is 9.84. The number of hydrogen-bond donors (Lipinski definition) is 0. The maximum absolute atomic E-state index is 13.3. The topological polar surface area (TPSA) is 68.8 Å². The number of carbonyl (C=O) groups excluding carboxylic acids is 1. The van der Waals surface area contributed by atoms with Gasteiger partial charge in [-0.1, -0.05) is 36.4 Å². The van der Waals surface area contributed by atoms with Crippen LogP contribution in [0.4, 0.5) is 0 Å². The van der Waals surface area contributed by atoms with Crippen LogP contribution >= 0.6 is 11.8 Å². The molecule has 1 aromatic carbocycles. The summed E-state index contributed by atoms with van der Waals surface area (Å²) in [4.78, 5) is 15.2. The fourth-order valence-corrected chi connectivity index (χ4v) is 4.49. The lowest BCUT2D eigenvalue weighted by molar-refractivity contribution is 0.0733. The normalized spacial score (nSPS) is 13.6. The number of amides is 1. The van der Waals surface area contributed by atoms with Gasteiger partial charge in [0.25, 0.3) is 5.91 Å². The van der Waals surface area contributed by atoms with Crippen molar-refractivity contribution in [1.29, 1.82) is 0 Å². The standard InChI is InChI=1S/C21H26N6OS/c1-6-29-21-23-22-19(25(21)4)18-16-12-27(10-9-17(16)26(5)24-18)20(28)15-11-13(2)7-8-14(15)3/h7-8,11H,6,9-10,12H2,1-5H3. The Kier molecular flexibility index (Phi) is 5.21. The van der Waals surface area contributed by atoms with Crippen LogP contribution in [0, 0.1) is 13.8 Å². The molecule has 0 bridgehead atoms. The minimum absolute atomic E-state index is 0.0758. The second-order valence-electron chi connectivity index (χ2n) is 7.49. The van der Waals surface area contributed by atoms with Crippen LogP contribution in [0.2, 0.25) is 0 Å². The Balaban J connectivity index is 1.69. The molecule has 8 heteroatoms. The van der Waals surface area contributed by atoms with E-state index in [1.165, 1.54) is 0 Å². The van der Waals surface area contributed by atoms with Crippen molar-refractivity contribution in [2.75, 3.05) is 12.3 Å². The van der Waals surface area contributed by atoms with Crippen LogP contribution in [0.5, 0.6) is 0 Å². The fraction of sp³-hybridized carbons (Fsp3) is 0.429. The number of hydrogen-bond acceptors (Lipinski definition) is 5. The lowest BCUT2D eigenvalue weighted by atomic mass is 10.0. The first kappa shape index (κ1) is 19.7. The van der Waals surface area contributed by atoms with Gasteiger partial charge in [0.05, 0.1) is 6.54 Å². The number of rotatable bonds is 4. The molecule has 0 saturated carbocycles. The molecule has 7 nitrogen and oxygen atoms in total. The van der Waals surface area contributed by atoms with E-state index in [0.717, 1.165) is 56.8 Å². The molecule has 152 valence electrons. The van der Waals surface area contributed by atoms with Crippen molar-refractivity contribution in [3.05, 3.63) is 46.1 Å². The van der Waals surface area contributed by atoms with Gasteiger partial charge in [-0.05, 0) is 31.2 Å². The van der Waals surface area contributed by atoms with Gasteiger partial charge in [0.15, 0.2) is 11.0 Å². The van der Waals surface area contributed by atoms with Crippen LogP contribution in [0.1, 0.15) is 39.7 Å². The van der Waals surface area contributed by atoms with Crippen molar-refractivity contribution in [2.24, 2.45) is 14.1 Å². The molecule has 0 atom stereocenters. The van der Waals surface area contributed by atoms with E-state index in [4.69, 9.17) is 5.10 Å². The van der Waals surface area contributed by atoms with Crippen LogP contribution in [-0.2, 0) is 27.1 Å². The molecule has 3 heterocycles. The van der Waals surface area contributed by atoms with Gasteiger partial charge in [-0.25, -0.2) is 0 Å². The zero-order chi connectivity index (χ0) is 20.7. The summed E-state index contributed by atoms with van der Waals surface area (Å²) < 4.78 is 3.91. The minimum atomic E-state index is 0.0758. The van der Waals surface area contributed by atoms with Crippen LogP contribution < -0.4 is 0 Å². The number of aromatic nitrogens is 5. The number of benzene rings is 1. The summed E-state index contributed by atoms with van der Waals surface area (Å²) >= 11 is 1.66. The number of carbonyl (C=O) groups is 1. The molecular weight excluding hydrogens is 384 g/mol. The SMILES string of the molecule is CCSc1nnc(-c2nn(C)c3c2CN(C(=O)c2cc(C)ccc2C)CC3)n1C. The molecule has 4 rings (SSSR count). The number of aryl methyl sites for hydroxylation is 3. The quantitative estimate of drug-likeness (QED) is 0.618. The van der Waals surface area contributed by atoms with Gasteiger partial charge < -0.3 is 9.47 Å². The van der Waals surface area contributed by atoms with E-state index in [0.29, 0.717) is 13.1 Å². The average Bonchev–Trinajstić information content (AvgIpc) is 3.23. The van der Waals surface area contributed by atoms with Crippen molar-refractivity contribution in [2.45, 2.75) is 38.9 Å². The van der Waals surface area contributed by atoms with Gasteiger partial charge in [-0.15, -0.1) is 10.2 Å². The van der Waals surface area contributed by atoms with Crippen LogP contribution in [0.25, 0.3) is 11.5 Å². The zero-order valence-electron chi connectivity index (χ0n) is 17.6. The maximum atomic E-state index is 13.3. The maximum Gasteiger partial charge on any atom is 0.254 e. The van der Waals surface area contributed by atoms with Gasteiger partial charge in [0.2, 0.25) is 0 Å². The Morgan fingerprint density at radius 2 is 2.00 bits per heavy atom. The summed E-state index contributed by atoms with van der Waals surface area (Å²) in [6.07, 6.45) is 0.782. The first-order chi connectivity index (χ1) is 13.9. The molecular formula is C21H26N6OS. The van der Waals surface area contributed by atoms with E-state index in [1.807, 2.05) is 60.3 Å². The molecule has 0 spiro atoms. The predicted octanol–water partition coefficient (Wildman–Crippen LogP) is 3.14. The van der Waals surface area contributed by atoms with Crippen molar-refractivity contribution in [3.8, 4) is 11.5 Å². The van der Waals surface area contributed by atoms with E-state index in [-0.39, 0.29) is 5.91 Å². The van der Waals surface area contributed by atoms with Crippen molar-refractivity contribution in [1.82, 2.24) is 29.4 Å². The molecule has 1 aliphatic heterocycles. The molecule has 0 radical (unpaired) electrons. The molecule has 0 saturated heterocycles. The van der Waals surface area contributed by atoms with Crippen LogP contribution in [-0.4, -0.2) is 47.6 Å². The molecule has 2 aromatic heterocycles. The predicted molar refractivity (Wildman–Crippen MR) is 114 cm³/mol. The minimum Gasteiger partial charge on any atom is -0.334 e. The summed E-state index contributed by atoms with van der Waals surface area (Å²) in [7, 11) is 3.93. The third kappa shape index (κ3) is 3.46. The fourth-order valence-electron chi connectivity index (χ4n) is 3.86. The molecule has 0 fully saturated rings. The third-order valence-corrected chi connectivity index (χ3v) is 6.38. The Morgan fingerprint density at radius 1 is 1.21 bits per heavy atom. The van der Waals surface area contributed by atoms with Crippen molar-refractivity contribution in [3.63, 3.8) is 0 Å². The van der Waals surface area contributed by atoms with E-state index >= 15 is 0 Å². The summed E-state index contributed by atoms with van der Waals surface area (Å²) in [5, 5.41) is 14.3. The zero-order valence-corrected chi connectivity index (χ0v) is 18.4. The second-order valence-corrected chi connectivity index (χ2v) is 8.72. The van der Waals surface area contributed by atoms with E-state index in [9.17, 15) is 4.79 Å². The lowest BCUT2D eigenvalue weighted by Gasteiger charge is -2.28. The highest BCUT2D eigenvalue weighted by Crippen LogP contribution is 2.31. The van der Waals surface area contributed by atoms with Gasteiger partial charge >= 0.3 is 0 Å². The van der Waals surface area contributed by atoms with E-state index in [2.05, 4.69) is 17.1 Å². The molecule has 0 N–H and O–H groups in total. The highest BCUT2D eigenvalue weighted by atomic mass is 32.2. The van der Waals surface area contributed by atoms with Gasteiger partial charge in [0.1, 0.15) is 5.69 Å². The highest BCUT2D eigenvalue weighted by Gasteiger charge is 2.30. The Hall–Kier alpha value is -2.61. The Morgan fingerprint density at radius 3 is 2.76 bits per heavy atom. The molecule has 3 aromatic rings. The lowest BCUT2D eigenvalue weighted by Crippen LogP contribution is -2.36. The summed E-state index contributed by atoms with van der Waals surface area (Å²) in [5.41, 5.74) is 5.93. The van der Waals surface area contributed by atoms with Crippen molar-refractivity contribution >= 4 is 17.7 Å². The Bertz CT molecular complexity index is 1080. The number of fused-ring (bicyclic) bond motifs is 1. The summed E-state index contributed by atoms with van der Waals surface area (Å²) in [6.45, 7) is 7.33. The van der Waals surface area contributed by atoms with E-state index in [1.54, 1.807) is 11.8 Å². The van der Waals surface area contributed by atoms with Gasteiger partial charge in [0, 0.05) is 43.9 Å². The monoisotopic (exact) mass is 410 g/mol. The largest absolute Gasteiger partial charge is 0.334 e. The highest BCUT2D eigenvalue weighted by molar-refractivity contribution is 7.99.